The third-order valence-electron chi connectivity index (χ3n) is 3.29. The van der Waals surface area contributed by atoms with Gasteiger partial charge in [-0.05, 0) is 25.0 Å². The van der Waals surface area contributed by atoms with E-state index in [4.69, 9.17) is 11.6 Å². The van der Waals surface area contributed by atoms with Gasteiger partial charge in [0.1, 0.15) is 6.33 Å². The standard InChI is InChI=1S/C14H14ClN3/c1-18(10-5-6-10)14-11(3-2-4-12(14)15)13-7-8-16-9-17-13/h2-4,7-10H,5-6H2,1H3. The molecule has 0 spiro atoms. The Kier molecular flexibility index (Phi) is 2.92. The molecule has 92 valence electrons. The van der Waals surface area contributed by atoms with Gasteiger partial charge >= 0.3 is 0 Å². The van der Waals surface area contributed by atoms with E-state index < -0.39 is 0 Å². The van der Waals surface area contributed by atoms with Crippen LogP contribution in [0.2, 0.25) is 5.02 Å². The van der Waals surface area contributed by atoms with E-state index in [1.54, 1.807) is 12.5 Å². The average Bonchev–Trinajstić information content (AvgIpc) is 3.23. The van der Waals surface area contributed by atoms with Crippen LogP contribution >= 0.6 is 11.6 Å². The van der Waals surface area contributed by atoms with Gasteiger partial charge in [-0.25, -0.2) is 9.97 Å². The molecular formula is C14H14ClN3. The summed E-state index contributed by atoms with van der Waals surface area (Å²) in [5, 5.41) is 0.778. The van der Waals surface area contributed by atoms with Crippen molar-refractivity contribution >= 4 is 17.3 Å². The Hall–Kier alpha value is -1.61. The summed E-state index contributed by atoms with van der Waals surface area (Å²) >= 11 is 6.36. The summed E-state index contributed by atoms with van der Waals surface area (Å²) in [6, 6.07) is 8.48. The van der Waals surface area contributed by atoms with Crippen molar-refractivity contribution in [3.63, 3.8) is 0 Å². The highest BCUT2D eigenvalue weighted by molar-refractivity contribution is 6.34. The van der Waals surface area contributed by atoms with E-state index in [0.29, 0.717) is 6.04 Å². The predicted molar refractivity (Wildman–Crippen MR) is 73.9 cm³/mol. The predicted octanol–water partition coefficient (Wildman–Crippen LogP) is 3.40. The maximum atomic E-state index is 6.36. The summed E-state index contributed by atoms with van der Waals surface area (Å²) in [5.74, 6) is 0. The lowest BCUT2D eigenvalue weighted by Gasteiger charge is -2.23. The normalized spacial score (nSPS) is 14.6. The Bertz CT molecular complexity index is 552. The van der Waals surface area contributed by atoms with Crippen molar-refractivity contribution in [2.75, 3.05) is 11.9 Å². The van der Waals surface area contributed by atoms with E-state index in [1.165, 1.54) is 12.8 Å². The molecule has 0 atom stereocenters. The Balaban J connectivity index is 2.11. The number of anilines is 1. The molecule has 4 heteroatoms. The van der Waals surface area contributed by atoms with Gasteiger partial charge in [-0.3, -0.25) is 0 Å². The molecule has 1 aromatic carbocycles. The van der Waals surface area contributed by atoms with Crippen molar-refractivity contribution < 1.29 is 0 Å². The number of aromatic nitrogens is 2. The van der Waals surface area contributed by atoms with Crippen LogP contribution in [0.3, 0.4) is 0 Å². The molecular weight excluding hydrogens is 246 g/mol. The molecule has 0 N–H and O–H groups in total. The number of hydrogen-bond acceptors (Lipinski definition) is 3. The maximum Gasteiger partial charge on any atom is 0.116 e. The molecule has 2 aromatic rings. The van der Waals surface area contributed by atoms with Gasteiger partial charge in [0.2, 0.25) is 0 Å². The van der Waals surface area contributed by atoms with E-state index in [0.717, 1.165) is 22.0 Å². The monoisotopic (exact) mass is 259 g/mol. The molecule has 1 heterocycles. The van der Waals surface area contributed by atoms with Gasteiger partial charge < -0.3 is 4.90 Å². The van der Waals surface area contributed by atoms with Crippen LogP contribution < -0.4 is 4.90 Å². The highest BCUT2D eigenvalue weighted by atomic mass is 35.5. The number of para-hydroxylation sites is 1. The minimum atomic E-state index is 0.616. The van der Waals surface area contributed by atoms with Crippen molar-refractivity contribution in [2.45, 2.75) is 18.9 Å². The first kappa shape index (κ1) is 11.5. The fourth-order valence-electron chi connectivity index (χ4n) is 2.17. The number of nitrogens with zero attached hydrogens (tertiary/aromatic N) is 3. The third-order valence-corrected chi connectivity index (χ3v) is 3.60. The minimum Gasteiger partial charge on any atom is -0.370 e. The zero-order valence-electron chi connectivity index (χ0n) is 10.2. The van der Waals surface area contributed by atoms with Crippen LogP contribution in [0, 0.1) is 0 Å². The molecule has 0 amide bonds. The van der Waals surface area contributed by atoms with Crippen LogP contribution in [0.1, 0.15) is 12.8 Å². The van der Waals surface area contributed by atoms with Crippen LogP contribution in [0.4, 0.5) is 5.69 Å². The van der Waals surface area contributed by atoms with Crippen LogP contribution in [0.25, 0.3) is 11.3 Å². The zero-order valence-corrected chi connectivity index (χ0v) is 10.9. The smallest absolute Gasteiger partial charge is 0.116 e. The molecule has 3 rings (SSSR count). The third kappa shape index (κ3) is 2.06. The minimum absolute atomic E-state index is 0.616. The van der Waals surface area contributed by atoms with Gasteiger partial charge in [0.05, 0.1) is 16.4 Å². The molecule has 0 aliphatic heterocycles. The van der Waals surface area contributed by atoms with E-state index in [2.05, 4.69) is 28.0 Å². The van der Waals surface area contributed by atoms with Crippen LogP contribution in [-0.2, 0) is 0 Å². The number of rotatable bonds is 3. The summed E-state index contributed by atoms with van der Waals surface area (Å²) in [6.45, 7) is 0. The first-order valence-electron chi connectivity index (χ1n) is 6.05. The van der Waals surface area contributed by atoms with Crippen molar-refractivity contribution in [1.82, 2.24) is 9.97 Å². The fourth-order valence-corrected chi connectivity index (χ4v) is 2.48. The van der Waals surface area contributed by atoms with Crippen LogP contribution in [-0.4, -0.2) is 23.1 Å². The largest absolute Gasteiger partial charge is 0.370 e. The van der Waals surface area contributed by atoms with Gasteiger partial charge in [0.15, 0.2) is 0 Å². The maximum absolute atomic E-state index is 6.36. The Labute approximate surface area is 111 Å². The summed E-state index contributed by atoms with van der Waals surface area (Å²) in [4.78, 5) is 10.5. The summed E-state index contributed by atoms with van der Waals surface area (Å²) < 4.78 is 0. The number of benzene rings is 1. The second-order valence-electron chi connectivity index (χ2n) is 4.57. The van der Waals surface area contributed by atoms with Gasteiger partial charge in [0, 0.05) is 24.8 Å². The second-order valence-corrected chi connectivity index (χ2v) is 4.98. The lowest BCUT2D eigenvalue weighted by atomic mass is 10.1. The second kappa shape index (κ2) is 4.58. The molecule has 0 radical (unpaired) electrons. The van der Waals surface area contributed by atoms with E-state index in [-0.39, 0.29) is 0 Å². The number of hydrogen-bond donors (Lipinski definition) is 0. The van der Waals surface area contributed by atoms with Crippen molar-refractivity contribution in [2.24, 2.45) is 0 Å². The fraction of sp³-hybridized carbons (Fsp3) is 0.286. The first-order valence-corrected chi connectivity index (χ1v) is 6.43. The van der Waals surface area contributed by atoms with Crippen LogP contribution in [0.15, 0.2) is 36.8 Å². The average molecular weight is 260 g/mol. The highest BCUT2D eigenvalue weighted by Gasteiger charge is 2.29. The topological polar surface area (TPSA) is 29.0 Å². The Morgan fingerprint density at radius 1 is 1.28 bits per heavy atom. The highest BCUT2D eigenvalue weighted by Crippen LogP contribution is 2.40. The van der Waals surface area contributed by atoms with Gasteiger partial charge in [-0.2, -0.15) is 0 Å². The summed E-state index contributed by atoms with van der Waals surface area (Å²) in [7, 11) is 2.10. The van der Waals surface area contributed by atoms with Crippen molar-refractivity contribution in [1.29, 1.82) is 0 Å². The van der Waals surface area contributed by atoms with E-state index >= 15 is 0 Å². The Morgan fingerprint density at radius 2 is 2.11 bits per heavy atom. The van der Waals surface area contributed by atoms with Gasteiger partial charge in [-0.1, -0.05) is 23.7 Å². The first-order chi connectivity index (χ1) is 8.77. The Morgan fingerprint density at radius 3 is 2.78 bits per heavy atom. The molecule has 3 nitrogen and oxygen atoms in total. The lowest BCUT2D eigenvalue weighted by Crippen LogP contribution is -2.20. The van der Waals surface area contributed by atoms with E-state index in [9.17, 15) is 0 Å². The zero-order chi connectivity index (χ0) is 12.5. The van der Waals surface area contributed by atoms with Gasteiger partial charge in [0.25, 0.3) is 0 Å². The summed E-state index contributed by atoms with van der Waals surface area (Å²) in [6.07, 6.45) is 5.80. The molecule has 1 aliphatic rings. The van der Waals surface area contributed by atoms with E-state index in [1.807, 2.05) is 18.2 Å². The summed E-state index contributed by atoms with van der Waals surface area (Å²) in [5.41, 5.74) is 3.05. The number of halogens is 1. The molecule has 1 aromatic heterocycles. The van der Waals surface area contributed by atoms with Crippen molar-refractivity contribution in [3.05, 3.63) is 41.8 Å². The molecule has 0 bridgehead atoms. The SMILES string of the molecule is CN(c1c(Cl)cccc1-c1ccncn1)C1CC1. The molecule has 0 saturated heterocycles. The molecule has 1 fully saturated rings. The van der Waals surface area contributed by atoms with Crippen LogP contribution in [0.5, 0.6) is 0 Å². The quantitative estimate of drug-likeness (QED) is 0.846. The molecule has 1 saturated carbocycles. The molecule has 0 unspecified atom stereocenters. The van der Waals surface area contributed by atoms with Gasteiger partial charge in [-0.15, -0.1) is 0 Å². The lowest BCUT2D eigenvalue weighted by molar-refractivity contribution is 0.917. The van der Waals surface area contributed by atoms with Crippen molar-refractivity contribution in [3.8, 4) is 11.3 Å². The molecule has 18 heavy (non-hydrogen) atoms. The molecule has 1 aliphatic carbocycles.